The standard InChI is InChI=1S/C21H28N6O/c1-15-13-19(27-18(23-15)7-10-22-27)25-11-8-16(9-12-25)14-26-20(28)6-5-17(24-26)21(2,3)4/h5-7,10,13,16H,8-9,11-12,14H2,1-4H3. The lowest BCUT2D eigenvalue weighted by Gasteiger charge is -2.33. The Hall–Kier alpha value is -2.70. The molecule has 148 valence electrons. The lowest BCUT2D eigenvalue weighted by Crippen LogP contribution is -2.38. The summed E-state index contributed by atoms with van der Waals surface area (Å²) >= 11 is 0. The molecule has 1 fully saturated rings. The maximum atomic E-state index is 12.3. The van der Waals surface area contributed by atoms with Gasteiger partial charge in [-0.2, -0.15) is 14.7 Å². The molecule has 3 aromatic rings. The van der Waals surface area contributed by atoms with Gasteiger partial charge >= 0.3 is 0 Å². The highest BCUT2D eigenvalue weighted by Gasteiger charge is 2.23. The predicted octanol–water partition coefficient (Wildman–Crippen LogP) is 2.81. The minimum absolute atomic E-state index is 0.0153. The molecule has 1 aliphatic rings. The van der Waals surface area contributed by atoms with E-state index in [1.807, 2.05) is 23.6 Å². The van der Waals surface area contributed by atoms with Gasteiger partial charge in [0, 0.05) is 48.9 Å². The number of aryl methyl sites for hydroxylation is 1. The van der Waals surface area contributed by atoms with Crippen LogP contribution in [0.15, 0.2) is 35.3 Å². The third kappa shape index (κ3) is 3.66. The fraction of sp³-hybridized carbons (Fsp3) is 0.524. The molecule has 1 saturated heterocycles. The van der Waals surface area contributed by atoms with Gasteiger partial charge in [0.1, 0.15) is 5.82 Å². The Labute approximate surface area is 165 Å². The topological polar surface area (TPSA) is 68.3 Å². The van der Waals surface area contributed by atoms with Crippen LogP contribution in [0.3, 0.4) is 0 Å². The zero-order valence-corrected chi connectivity index (χ0v) is 17.1. The van der Waals surface area contributed by atoms with Crippen LogP contribution in [0, 0.1) is 12.8 Å². The average Bonchev–Trinajstić information content (AvgIpc) is 3.11. The maximum Gasteiger partial charge on any atom is 0.266 e. The van der Waals surface area contributed by atoms with Gasteiger partial charge < -0.3 is 4.90 Å². The Bertz CT molecular complexity index is 1040. The van der Waals surface area contributed by atoms with Crippen molar-refractivity contribution in [2.24, 2.45) is 5.92 Å². The summed E-state index contributed by atoms with van der Waals surface area (Å²) in [6.07, 6.45) is 3.84. The first-order valence-electron chi connectivity index (χ1n) is 9.96. The van der Waals surface area contributed by atoms with Crippen LogP contribution >= 0.6 is 0 Å². The van der Waals surface area contributed by atoms with E-state index in [9.17, 15) is 4.79 Å². The number of piperidine rings is 1. The van der Waals surface area contributed by atoms with Crippen molar-refractivity contribution in [1.29, 1.82) is 0 Å². The van der Waals surface area contributed by atoms with Gasteiger partial charge in [0.05, 0.1) is 11.9 Å². The summed E-state index contributed by atoms with van der Waals surface area (Å²) in [5.41, 5.74) is 2.76. The zero-order chi connectivity index (χ0) is 19.9. The van der Waals surface area contributed by atoms with Crippen molar-refractivity contribution in [2.75, 3.05) is 18.0 Å². The van der Waals surface area contributed by atoms with Gasteiger partial charge in [-0.3, -0.25) is 4.79 Å². The van der Waals surface area contributed by atoms with E-state index in [1.165, 1.54) is 0 Å². The molecule has 7 nitrogen and oxygen atoms in total. The molecule has 0 saturated carbocycles. The number of nitrogens with zero attached hydrogens (tertiary/aromatic N) is 6. The van der Waals surface area contributed by atoms with E-state index in [4.69, 9.17) is 0 Å². The van der Waals surface area contributed by atoms with Gasteiger partial charge in [-0.05, 0) is 31.7 Å². The number of rotatable bonds is 3. The molecule has 7 heteroatoms. The fourth-order valence-corrected chi connectivity index (χ4v) is 3.81. The van der Waals surface area contributed by atoms with Crippen molar-refractivity contribution in [2.45, 2.75) is 52.5 Å². The summed E-state index contributed by atoms with van der Waals surface area (Å²) in [6.45, 7) is 10.9. The molecule has 4 rings (SSSR count). The van der Waals surface area contributed by atoms with E-state index < -0.39 is 0 Å². The fourth-order valence-electron chi connectivity index (χ4n) is 3.81. The molecular weight excluding hydrogens is 352 g/mol. The summed E-state index contributed by atoms with van der Waals surface area (Å²) in [7, 11) is 0. The Kier molecular flexibility index (Phi) is 4.69. The van der Waals surface area contributed by atoms with Crippen LogP contribution < -0.4 is 10.5 Å². The molecule has 0 unspecified atom stereocenters. The lowest BCUT2D eigenvalue weighted by molar-refractivity contribution is 0.329. The third-order valence-corrected chi connectivity index (χ3v) is 5.47. The highest BCUT2D eigenvalue weighted by atomic mass is 16.1. The maximum absolute atomic E-state index is 12.3. The molecule has 0 bridgehead atoms. The normalized spacial score (nSPS) is 16.1. The number of hydrogen-bond acceptors (Lipinski definition) is 5. The van der Waals surface area contributed by atoms with Crippen molar-refractivity contribution in [3.05, 3.63) is 52.2 Å². The van der Waals surface area contributed by atoms with Crippen molar-refractivity contribution in [3.8, 4) is 0 Å². The molecule has 0 aliphatic carbocycles. The highest BCUT2D eigenvalue weighted by molar-refractivity contribution is 5.50. The van der Waals surface area contributed by atoms with Gasteiger partial charge in [0.25, 0.3) is 5.56 Å². The van der Waals surface area contributed by atoms with Gasteiger partial charge in [-0.25, -0.2) is 9.67 Å². The number of anilines is 1. The van der Waals surface area contributed by atoms with E-state index in [0.717, 1.165) is 48.8 Å². The first-order valence-corrected chi connectivity index (χ1v) is 9.96. The summed E-state index contributed by atoms with van der Waals surface area (Å²) < 4.78 is 3.56. The molecule has 0 aromatic carbocycles. The Morgan fingerprint density at radius 2 is 1.89 bits per heavy atom. The smallest absolute Gasteiger partial charge is 0.266 e. The predicted molar refractivity (Wildman–Crippen MR) is 110 cm³/mol. The SMILES string of the molecule is Cc1cc(N2CCC(Cn3nc(C(C)(C)C)ccc3=O)CC2)n2nccc2n1. The zero-order valence-electron chi connectivity index (χ0n) is 17.1. The lowest BCUT2D eigenvalue weighted by atomic mass is 9.92. The molecule has 4 heterocycles. The van der Waals surface area contributed by atoms with Crippen LogP contribution in [-0.4, -0.2) is 37.5 Å². The molecule has 0 amide bonds. The molecule has 0 spiro atoms. The second kappa shape index (κ2) is 7.04. The summed E-state index contributed by atoms with van der Waals surface area (Å²) in [4.78, 5) is 19.2. The van der Waals surface area contributed by atoms with Crippen molar-refractivity contribution >= 4 is 11.5 Å². The largest absolute Gasteiger partial charge is 0.356 e. The van der Waals surface area contributed by atoms with Crippen LogP contribution in [0.1, 0.15) is 45.0 Å². The number of aromatic nitrogens is 5. The summed E-state index contributed by atoms with van der Waals surface area (Å²) in [5.74, 6) is 1.55. The Morgan fingerprint density at radius 3 is 2.61 bits per heavy atom. The van der Waals surface area contributed by atoms with Crippen molar-refractivity contribution < 1.29 is 0 Å². The van der Waals surface area contributed by atoms with Crippen LogP contribution in [0.2, 0.25) is 0 Å². The second-order valence-corrected chi connectivity index (χ2v) is 8.78. The molecule has 28 heavy (non-hydrogen) atoms. The monoisotopic (exact) mass is 380 g/mol. The second-order valence-electron chi connectivity index (χ2n) is 8.78. The quantitative estimate of drug-likeness (QED) is 0.699. The summed E-state index contributed by atoms with van der Waals surface area (Å²) in [5, 5.41) is 9.05. The molecule has 0 atom stereocenters. The molecule has 0 N–H and O–H groups in total. The molecular formula is C21H28N6O. The minimum Gasteiger partial charge on any atom is -0.356 e. The Morgan fingerprint density at radius 1 is 1.14 bits per heavy atom. The third-order valence-electron chi connectivity index (χ3n) is 5.47. The molecule has 0 radical (unpaired) electrons. The summed E-state index contributed by atoms with van der Waals surface area (Å²) in [6, 6.07) is 7.53. The van der Waals surface area contributed by atoms with Crippen molar-refractivity contribution in [1.82, 2.24) is 24.4 Å². The van der Waals surface area contributed by atoms with Crippen LogP contribution in [0.5, 0.6) is 0 Å². The number of fused-ring (bicyclic) bond motifs is 1. The van der Waals surface area contributed by atoms with E-state index in [2.05, 4.69) is 46.9 Å². The van der Waals surface area contributed by atoms with E-state index in [-0.39, 0.29) is 11.0 Å². The van der Waals surface area contributed by atoms with E-state index >= 15 is 0 Å². The van der Waals surface area contributed by atoms with Gasteiger partial charge in [-0.15, -0.1) is 0 Å². The van der Waals surface area contributed by atoms with Crippen LogP contribution in [-0.2, 0) is 12.0 Å². The first-order chi connectivity index (χ1) is 13.3. The molecule has 1 aliphatic heterocycles. The van der Waals surface area contributed by atoms with Crippen LogP contribution in [0.4, 0.5) is 5.82 Å². The first kappa shape index (κ1) is 18.7. The van der Waals surface area contributed by atoms with Gasteiger partial charge in [0.2, 0.25) is 0 Å². The van der Waals surface area contributed by atoms with Gasteiger partial charge in [0.15, 0.2) is 5.65 Å². The average molecular weight is 380 g/mol. The van der Waals surface area contributed by atoms with E-state index in [0.29, 0.717) is 12.5 Å². The van der Waals surface area contributed by atoms with E-state index in [1.54, 1.807) is 16.9 Å². The van der Waals surface area contributed by atoms with Crippen molar-refractivity contribution in [3.63, 3.8) is 0 Å². The minimum atomic E-state index is -0.0623. The van der Waals surface area contributed by atoms with Gasteiger partial charge in [-0.1, -0.05) is 20.8 Å². The Balaban J connectivity index is 1.48. The molecule has 3 aromatic heterocycles. The van der Waals surface area contributed by atoms with Crippen LogP contribution in [0.25, 0.3) is 5.65 Å². The highest BCUT2D eigenvalue weighted by Crippen LogP contribution is 2.25. The number of hydrogen-bond donors (Lipinski definition) is 0.